The zero-order valence-electron chi connectivity index (χ0n) is 17.3. The molecule has 0 radical (unpaired) electrons. The second-order valence-electron chi connectivity index (χ2n) is 7.94. The first-order valence-electron chi connectivity index (χ1n) is 10.5. The van der Waals surface area contributed by atoms with E-state index in [0.717, 1.165) is 37.0 Å². The molecule has 0 spiro atoms. The summed E-state index contributed by atoms with van der Waals surface area (Å²) in [7, 11) is 1.60. The van der Waals surface area contributed by atoms with Crippen molar-refractivity contribution in [2.75, 3.05) is 33.4 Å². The molecule has 4 rings (SSSR count). The fourth-order valence-electron chi connectivity index (χ4n) is 4.29. The van der Waals surface area contributed by atoms with Crippen LogP contribution in [0.4, 0.5) is 0 Å². The number of β-amino-alcohol motifs (C(OH)–C–C–N with tert-alkyl or cyclic N) is 1. The molecule has 1 saturated heterocycles. The summed E-state index contributed by atoms with van der Waals surface area (Å²) in [6.07, 6.45) is 1.54. The summed E-state index contributed by atoms with van der Waals surface area (Å²) >= 11 is 0. The molecular weight excluding hydrogens is 382 g/mol. The Morgan fingerprint density at radius 3 is 2.77 bits per heavy atom. The van der Waals surface area contributed by atoms with Gasteiger partial charge >= 0.3 is 5.69 Å². The van der Waals surface area contributed by atoms with E-state index in [1.807, 2.05) is 53.1 Å². The molecular formula is C23H29N3O4. The molecule has 1 aliphatic heterocycles. The number of aromatic nitrogens is 2. The minimum absolute atomic E-state index is 0.0569. The molecule has 7 nitrogen and oxygen atoms in total. The van der Waals surface area contributed by atoms with Gasteiger partial charge in [0, 0.05) is 19.6 Å². The van der Waals surface area contributed by atoms with Gasteiger partial charge in [-0.25, -0.2) is 4.79 Å². The van der Waals surface area contributed by atoms with Crippen molar-refractivity contribution in [2.24, 2.45) is 5.92 Å². The van der Waals surface area contributed by atoms with Gasteiger partial charge in [0.2, 0.25) is 0 Å². The molecule has 0 aliphatic carbocycles. The molecule has 1 fully saturated rings. The number of fused-ring (bicyclic) bond motifs is 1. The number of hydrogen-bond donors (Lipinski definition) is 2. The maximum Gasteiger partial charge on any atom is 0.326 e. The number of para-hydroxylation sites is 4. The molecule has 2 heterocycles. The van der Waals surface area contributed by atoms with Gasteiger partial charge in [-0.15, -0.1) is 0 Å². The molecule has 160 valence electrons. The van der Waals surface area contributed by atoms with Gasteiger partial charge in [0.05, 0.1) is 18.1 Å². The molecule has 2 atom stereocenters. The predicted octanol–water partition coefficient (Wildman–Crippen LogP) is 2.49. The molecule has 2 aromatic carbocycles. The standard InChI is InChI=1S/C23H29N3O4/c1-29-21-10-4-5-11-22(21)30-16-18(27)15-25-12-6-7-17(13-25)14-26-20-9-3-2-8-19(20)24-23(26)28/h2-5,8-11,17-18,27H,6-7,12-16H2,1H3,(H,24,28). The van der Waals surface area contributed by atoms with Crippen LogP contribution in [0.25, 0.3) is 11.0 Å². The van der Waals surface area contributed by atoms with E-state index in [0.29, 0.717) is 30.5 Å². The Bertz CT molecular complexity index is 1030. The summed E-state index contributed by atoms with van der Waals surface area (Å²) in [6, 6.07) is 15.2. The van der Waals surface area contributed by atoms with Gasteiger partial charge in [-0.05, 0) is 49.6 Å². The number of nitrogens with zero attached hydrogens (tertiary/aromatic N) is 2. The number of imidazole rings is 1. The summed E-state index contributed by atoms with van der Waals surface area (Å²) in [5, 5.41) is 10.5. The Balaban J connectivity index is 1.32. The maximum atomic E-state index is 12.4. The van der Waals surface area contributed by atoms with Crippen LogP contribution in [-0.4, -0.2) is 59.0 Å². The lowest BCUT2D eigenvalue weighted by Crippen LogP contribution is -2.43. The molecule has 2 N–H and O–H groups in total. The molecule has 1 aromatic heterocycles. The van der Waals surface area contributed by atoms with E-state index in [-0.39, 0.29) is 12.3 Å². The molecule has 7 heteroatoms. The number of aliphatic hydroxyl groups excluding tert-OH is 1. The number of rotatable bonds is 8. The second kappa shape index (κ2) is 9.36. The lowest BCUT2D eigenvalue weighted by molar-refractivity contribution is 0.0492. The van der Waals surface area contributed by atoms with Crippen molar-refractivity contribution >= 4 is 11.0 Å². The lowest BCUT2D eigenvalue weighted by Gasteiger charge is -2.34. The van der Waals surface area contributed by atoms with Crippen molar-refractivity contribution in [1.82, 2.24) is 14.5 Å². The van der Waals surface area contributed by atoms with E-state index in [1.165, 1.54) is 0 Å². The first-order valence-corrected chi connectivity index (χ1v) is 10.5. The Labute approximate surface area is 175 Å². The zero-order chi connectivity index (χ0) is 20.9. The van der Waals surface area contributed by atoms with Crippen LogP contribution >= 0.6 is 0 Å². The average Bonchev–Trinajstić information content (AvgIpc) is 3.08. The normalized spacial score (nSPS) is 18.4. The fourth-order valence-corrected chi connectivity index (χ4v) is 4.29. The monoisotopic (exact) mass is 411 g/mol. The minimum atomic E-state index is -0.593. The molecule has 0 bridgehead atoms. The number of piperidine rings is 1. The quantitative estimate of drug-likeness (QED) is 0.595. The number of benzene rings is 2. The van der Waals surface area contributed by atoms with Gasteiger partial charge in [-0.2, -0.15) is 0 Å². The number of nitrogens with one attached hydrogen (secondary N) is 1. The highest BCUT2D eigenvalue weighted by atomic mass is 16.5. The first-order chi connectivity index (χ1) is 14.6. The molecule has 1 aliphatic rings. The molecule has 3 aromatic rings. The van der Waals surface area contributed by atoms with Crippen LogP contribution in [0.5, 0.6) is 11.5 Å². The molecule has 30 heavy (non-hydrogen) atoms. The van der Waals surface area contributed by atoms with Gasteiger partial charge in [0.15, 0.2) is 11.5 Å². The third kappa shape index (κ3) is 4.68. The Morgan fingerprint density at radius 1 is 1.17 bits per heavy atom. The smallest absolute Gasteiger partial charge is 0.326 e. The number of hydrogen-bond acceptors (Lipinski definition) is 5. The van der Waals surface area contributed by atoms with E-state index in [2.05, 4.69) is 9.88 Å². The number of likely N-dealkylation sites (tertiary alicyclic amines) is 1. The SMILES string of the molecule is COc1ccccc1OCC(O)CN1CCCC(Cn2c(=O)[nH]c3ccccc32)C1. The average molecular weight is 412 g/mol. The van der Waals surface area contributed by atoms with Crippen LogP contribution in [0.2, 0.25) is 0 Å². The Hall–Kier alpha value is -2.77. The van der Waals surface area contributed by atoms with Crippen LogP contribution in [-0.2, 0) is 6.54 Å². The topological polar surface area (TPSA) is 79.7 Å². The largest absolute Gasteiger partial charge is 0.493 e. The number of ether oxygens (including phenoxy) is 2. The number of H-pyrrole nitrogens is 1. The Morgan fingerprint density at radius 2 is 1.93 bits per heavy atom. The van der Waals surface area contributed by atoms with Gasteiger partial charge < -0.3 is 24.5 Å². The van der Waals surface area contributed by atoms with Gasteiger partial charge in [0.25, 0.3) is 0 Å². The third-order valence-electron chi connectivity index (χ3n) is 5.69. The van der Waals surface area contributed by atoms with Gasteiger partial charge in [0.1, 0.15) is 12.7 Å². The summed E-state index contributed by atoms with van der Waals surface area (Å²) in [5.74, 6) is 1.67. The van der Waals surface area contributed by atoms with Crippen molar-refractivity contribution in [1.29, 1.82) is 0 Å². The van der Waals surface area contributed by atoms with Crippen molar-refractivity contribution < 1.29 is 14.6 Å². The van der Waals surface area contributed by atoms with Gasteiger partial charge in [-0.1, -0.05) is 24.3 Å². The van der Waals surface area contributed by atoms with E-state index >= 15 is 0 Å². The van der Waals surface area contributed by atoms with Crippen molar-refractivity contribution in [3.05, 3.63) is 59.0 Å². The number of methoxy groups -OCH3 is 1. The molecule has 0 amide bonds. The van der Waals surface area contributed by atoms with Crippen LogP contribution in [0.1, 0.15) is 12.8 Å². The second-order valence-corrected chi connectivity index (χ2v) is 7.94. The third-order valence-corrected chi connectivity index (χ3v) is 5.69. The predicted molar refractivity (Wildman–Crippen MR) is 116 cm³/mol. The molecule has 0 saturated carbocycles. The van der Waals surface area contributed by atoms with E-state index < -0.39 is 6.10 Å². The summed E-state index contributed by atoms with van der Waals surface area (Å²) in [5.41, 5.74) is 1.77. The van der Waals surface area contributed by atoms with Crippen LogP contribution in [0, 0.1) is 5.92 Å². The maximum absolute atomic E-state index is 12.4. The van der Waals surface area contributed by atoms with Gasteiger partial charge in [-0.3, -0.25) is 4.57 Å². The highest BCUT2D eigenvalue weighted by Gasteiger charge is 2.23. The van der Waals surface area contributed by atoms with E-state index in [1.54, 1.807) is 7.11 Å². The van der Waals surface area contributed by atoms with E-state index in [4.69, 9.17) is 9.47 Å². The number of aliphatic hydroxyl groups is 1. The summed E-state index contributed by atoms with van der Waals surface area (Å²) in [6.45, 7) is 3.26. The van der Waals surface area contributed by atoms with Crippen molar-refractivity contribution in [2.45, 2.75) is 25.5 Å². The van der Waals surface area contributed by atoms with E-state index in [9.17, 15) is 9.90 Å². The minimum Gasteiger partial charge on any atom is -0.493 e. The zero-order valence-corrected chi connectivity index (χ0v) is 17.3. The summed E-state index contributed by atoms with van der Waals surface area (Å²) < 4.78 is 12.9. The number of aromatic amines is 1. The first kappa shape index (κ1) is 20.5. The van der Waals surface area contributed by atoms with Crippen LogP contribution in [0.3, 0.4) is 0 Å². The molecule has 2 unspecified atom stereocenters. The highest BCUT2D eigenvalue weighted by Crippen LogP contribution is 2.26. The summed E-state index contributed by atoms with van der Waals surface area (Å²) in [4.78, 5) is 17.6. The Kier molecular flexibility index (Phi) is 6.40. The lowest BCUT2D eigenvalue weighted by atomic mass is 9.97. The highest BCUT2D eigenvalue weighted by molar-refractivity contribution is 5.74. The fraction of sp³-hybridized carbons (Fsp3) is 0.435. The van der Waals surface area contributed by atoms with Crippen molar-refractivity contribution in [3.63, 3.8) is 0 Å². The van der Waals surface area contributed by atoms with Crippen molar-refractivity contribution in [3.8, 4) is 11.5 Å². The van der Waals surface area contributed by atoms with Crippen LogP contribution in [0.15, 0.2) is 53.3 Å². The van der Waals surface area contributed by atoms with Crippen LogP contribution < -0.4 is 15.2 Å².